The van der Waals surface area contributed by atoms with Crippen molar-refractivity contribution in [1.29, 1.82) is 0 Å². The molecule has 0 bridgehead atoms. The van der Waals surface area contributed by atoms with Gasteiger partial charge in [0.05, 0.1) is 7.11 Å². The molecule has 0 aliphatic carbocycles. The summed E-state index contributed by atoms with van der Waals surface area (Å²) in [5, 5.41) is 22.9. The minimum atomic E-state index is -1.56. The normalized spacial score (nSPS) is 13.0. The maximum absolute atomic E-state index is 13.4. The van der Waals surface area contributed by atoms with E-state index in [2.05, 4.69) is 15.4 Å². The summed E-state index contributed by atoms with van der Waals surface area (Å²) in [6, 6.07) is -0.472. The summed E-state index contributed by atoms with van der Waals surface area (Å²) >= 11 is 0. The van der Waals surface area contributed by atoms with E-state index in [0.29, 0.717) is 6.42 Å². The fourth-order valence-corrected chi connectivity index (χ4v) is 2.15. The number of hydrogen-bond acceptors (Lipinski definition) is 5. The summed E-state index contributed by atoms with van der Waals surface area (Å²) in [5.41, 5.74) is -0.0728. The number of urea groups is 1. The van der Waals surface area contributed by atoms with Crippen LogP contribution in [-0.4, -0.2) is 41.3 Å². The molecular weight excluding hydrogens is 335 g/mol. The molecule has 138 valence electrons. The monoisotopic (exact) mass is 356 g/mol. The van der Waals surface area contributed by atoms with Gasteiger partial charge < -0.3 is 25.6 Å². The number of carbonyl (C=O) groups excluding carboxylic acids is 2. The third-order valence-corrected chi connectivity index (χ3v) is 3.33. The first kappa shape index (κ1) is 20.2. The lowest BCUT2D eigenvalue weighted by molar-refractivity contribution is -0.143. The number of ether oxygens (including phenoxy) is 1. The molecule has 1 unspecified atom stereocenters. The highest BCUT2D eigenvalue weighted by molar-refractivity contribution is 5.87. The number of rotatable bonds is 7. The van der Waals surface area contributed by atoms with Gasteiger partial charge in [-0.25, -0.2) is 18.8 Å². The molecule has 0 spiro atoms. The Labute approximate surface area is 144 Å². The first-order valence-electron chi connectivity index (χ1n) is 7.51. The van der Waals surface area contributed by atoms with Gasteiger partial charge in [-0.3, -0.25) is 0 Å². The van der Waals surface area contributed by atoms with E-state index >= 15 is 0 Å². The SMILES string of the molecule is COC(=O)[C@H](CC(C)C)NC(=O)NC(C(=O)O)c1ccc(O)c(F)c1. The van der Waals surface area contributed by atoms with Crippen LogP contribution in [0.3, 0.4) is 0 Å². The van der Waals surface area contributed by atoms with E-state index in [-0.39, 0.29) is 11.5 Å². The molecule has 0 aromatic heterocycles. The predicted molar refractivity (Wildman–Crippen MR) is 85.4 cm³/mol. The first-order valence-corrected chi connectivity index (χ1v) is 7.51. The first-order chi connectivity index (χ1) is 11.6. The summed E-state index contributed by atoms with van der Waals surface area (Å²) in [6.07, 6.45) is 0.297. The zero-order valence-electron chi connectivity index (χ0n) is 14.1. The van der Waals surface area contributed by atoms with E-state index in [1.54, 1.807) is 0 Å². The van der Waals surface area contributed by atoms with Crippen molar-refractivity contribution < 1.29 is 33.7 Å². The van der Waals surface area contributed by atoms with Crippen molar-refractivity contribution in [1.82, 2.24) is 10.6 Å². The molecular formula is C16H21FN2O6. The number of amides is 2. The Kier molecular flexibility index (Phi) is 7.16. The summed E-state index contributed by atoms with van der Waals surface area (Å²) in [7, 11) is 1.18. The summed E-state index contributed by atoms with van der Waals surface area (Å²) in [6.45, 7) is 3.68. The lowest BCUT2D eigenvalue weighted by atomic mass is 10.0. The number of esters is 1. The molecule has 1 aromatic carbocycles. The van der Waals surface area contributed by atoms with Crippen LogP contribution < -0.4 is 10.6 Å². The third kappa shape index (κ3) is 5.94. The number of aromatic hydroxyl groups is 1. The molecule has 0 aliphatic rings. The number of phenolic OH excluding ortho intramolecular Hbond substituents is 1. The van der Waals surface area contributed by atoms with E-state index in [9.17, 15) is 23.9 Å². The topological polar surface area (TPSA) is 125 Å². The Hall–Kier alpha value is -2.84. The zero-order chi connectivity index (χ0) is 19.1. The van der Waals surface area contributed by atoms with E-state index in [4.69, 9.17) is 5.11 Å². The maximum atomic E-state index is 13.4. The van der Waals surface area contributed by atoms with Gasteiger partial charge in [0.2, 0.25) is 0 Å². The van der Waals surface area contributed by atoms with Crippen molar-refractivity contribution in [2.75, 3.05) is 7.11 Å². The molecule has 0 saturated carbocycles. The lowest BCUT2D eigenvalue weighted by Crippen LogP contribution is -2.49. The van der Waals surface area contributed by atoms with Crippen molar-refractivity contribution in [2.24, 2.45) is 5.92 Å². The van der Waals surface area contributed by atoms with E-state index in [1.807, 2.05) is 13.8 Å². The molecule has 0 fully saturated rings. The number of phenols is 1. The standard InChI is InChI=1S/C16H21FN2O6/c1-8(2)6-11(15(23)25-3)18-16(24)19-13(14(21)22)9-4-5-12(20)10(17)7-9/h4-5,7-8,11,13,20H,6H2,1-3H3,(H,21,22)(H2,18,19,24)/t11-,13?/m0/s1. The number of nitrogens with one attached hydrogen (secondary N) is 2. The summed E-state index contributed by atoms with van der Waals surface area (Å²) < 4.78 is 18.0. The zero-order valence-corrected chi connectivity index (χ0v) is 14.1. The molecule has 0 radical (unpaired) electrons. The van der Waals surface area contributed by atoms with Crippen LogP contribution in [0.1, 0.15) is 31.9 Å². The van der Waals surface area contributed by atoms with Gasteiger partial charge in [-0.05, 0) is 30.0 Å². The molecule has 2 amide bonds. The van der Waals surface area contributed by atoms with Crippen LogP contribution >= 0.6 is 0 Å². The molecule has 8 nitrogen and oxygen atoms in total. The second-order valence-electron chi connectivity index (χ2n) is 5.81. The smallest absolute Gasteiger partial charge is 0.330 e. The minimum absolute atomic E-state index is 0.0728. The molecule has 0 aliphatic heterocycles. The number of carbonyl (C=O) groups is 3. The minimum Gasteiger partial charge on any atom is -0.505 e. The molecule has 4 N–H and O–H groups in total. The molecule has 1 rings (SSSR count). The van der Waals surface area contributed by atoms with Gasteiger partial charge in [0, 0.05) is 0 Å². The molecule has 2 atom stereocenters. The fourth-order valence-electron chi connectivity index (χ4n) is 2.15. The molecule has 25 heavy (non-hydrogen) atoms. The van der Waals surface area contributed by atoms with E-state index in [1.165, 1.54) is 13.2 Å². The predicted octanol–water partition coefficient (Wildman–Crippen LogP) is 1.54. The molecule has 0 heterocycles. The van der Waals surface area contributed by atoms with Crippen LogP contribution in [0.5, 0.6) is 5.75 Å². The number of methoxy groups -OCH3 is 1. The largest absolute Gasteiger partial charge is 0.505 e. The Morgan fingerprint density at radius 2 is 1.88 bits per heavy atom. The summed E-state index contributed by atoms with van der Waals surface area (Å²) in [4.78, 5) is 35.1. The maximum Gasteiger partial charge on any atom is 0.330 e. The quantitative estimate of drug-likeness (QED) is 0.549. The number of hydrogen-bond donors (Lipinski definition) is 4. The highest BCUT2D eigenvalue weighted by Gasteiger charge is 2.27. The Morgan fingerprint density at radius 1 is 1.24 bits per heavy atom. The highest BCUT2D eigenvalue weighted by Crippen LogP contribution is 2.21. The lowest BCUT2D eigenvalue weighted by Gasteiger charge is -2.21. The van der Waals surface area contributed by atoms with Gasteiger partial charge >= 0.3 is 18.0 Å². The van der Waals surface area contributed by atoms with Gasteiger partial charge in [0.25, 0.3) is 0 Å². The van der Waals surface area contributed by atoms with Crippen molar-refractivity contribution in [3.05, 3.63) is 29.6 Å². The third-order valence-electron chi connectivity index (χ3n) is 3.33. The van der Waals surface area contributed by atoms with E-state index in [0.717, 1.165) is 12.1 Å². The molecule has 9 heteroatoms. The van der Waals surface area contributed by atoms with Gasteiger partial charge in [-0.1, -0.05) is 19.9 Å². The van der Waals surface area contributed by atoms with Gasteiger partial charge in [-0.2, -0.15) is 0 Å². The van der Waals surface area contributed by atoms with Crippen molar-refractivity contribution in [3.8, 4) is 5.75 Å². The van der Waals surface area contributed by atoms with Crippen molar-refractivity contribution in [3.63, 3.8) is 0 Å². The van der Waals surface area contributed by atoms with E-state index < -0.39 is 41.6 Å². The number of carboxylic acids is 1. The molecule has 0 saturated heterocycles. The Bertz CT molecular complexity index is 650. The fraction of sp³-hybridized carbons (Fsp3) is 0.438. The van der Waals surface area contributed by atoms with Gasteiger partial charge in [-0.15, -0.1) is 0 Å². The Balaban J connectivity index is 2.89. The van der Waals surface area contributed by atoms with Crippen molar-refractivity contribution >= 4 is 18.0 Å². The van der Waals surface area contributed by atoms with Crippen LogP contribution in [0.4, 0.5) is 9.18 Å². The number of carboxylic acid groups (broad SMARTS) is 1. The number of benzene rings is 1. The van der Waals surface area contributed by atoms with Gasteiger partial charge in [0.1, 0.15) is 6.04 Å². The van der Waals surface area contributed by atoms with Crippen LogP contribution in [-0.2, 0) is 14.3 Å². The van der Waals surface area contributed by atoms with Gasteiger partial charge in [0.15, 0.2) is 17.6 Å². The van der Waals surface area contributed by atoms with Crippen LogP contribution in [0.25, 0.3) is 0 Å². The Morgan fingerprint density at radius 3 is 2.36 bits per heavy atom. The van der Waals surface area contributed by atoms with Crippen molar-refractivity contribution in [2.45, 2.75) is 32.4 Å². The second-order valence-corrected chi connectivity index (χ2v) is 5.81. The number of halogens is 1. The van der Waals surface area contributed by atoms with Crippen LogP contribution in [0, 0.1) is 11.7 Å². The highest BCUT2D eigenvalue weighted by atomic mass is 19.1. The average Bonchev–Trinajstić information content (AvgIpc) is 2.53. The second kappa shape index (κ2) is 8.86. The number of aliphatic carboxylic acids is 1. The summed E-state index contributed by atoms with van der Waals surface area (Å²) in [5.74, 6) is -3.67. The molecule has 1 aromatic rings. The average molecular weight is 356 g/mol. The van der Waals surface area contributed by atoms with Crippen LogP contribution in [0.2, 0.25) is 0 Å². The van der Waals surface area contributed by atoms with Crippen LogP contribution in [0.15, 0.2) is 18.2 Å².